The molecular weight excluding hydrogens is 452 g/mol. The molecule has 2 atom stereocenters. The fourth-order valence-electron chi connectivity index (χ4n) is 2.81. The van der Waals surface area contributed by atoms with Crippen molar-refractivity contribution in [3.05, 3.63) is 0 Å². The number of amides is 2. The van der Waals surface area contributed by atoms with Gasteiger partial charge in [0.1, 0.15) is 0 Å². The van der Waals surface area contributed by atoms with Gasteiger partial charge in [-0.25, -0.2) is 0 Å². The molecule has 0 fully saturated rings. The van der Waals surface area contributed by atoms with E-state index < -0.39 is 12.1 Å². The number of rotatable bonds is 16. The summed E-state index contributed by atoms with van der Waals surface area (Å²) in [4.78, 5) is 30.7. The summed E-state index contributed by atoms with van der Waals surface area (Å²) in [5, 5.41) is 5.60. The first-order valence-electron chi connectivity index (χ1n) is 12.0. The molecule has 16 N–H and O–H groups in total. The minimum Gasteiger partial charge on any atom is -0.412 e. The first-order chi connectivity index (χ1) is 15.9. The Bertz CT molecular complexity index is 552. The van der Waals surface area contributed by atoms with E-state index in [-0.39, 0.29) is 29.2 Å². The van der Waals surface area contributed by atoms with E-state index in [1.807, 2.05) is 27.7 Å². The van der Waals surface area contributed by atoms with Crippen molar-refractivity contribution in [1.29, 1.82) is 0 Å². The van der Waals surface area contributed by atoms with Crippen LogP contribution in [-0.4, -0.2) is 67.5 Å². The smallest absolute Gasteiger partial charge is 0.236 e. The third-order valence-electron chi connectivity index (χ3n) is 4.48. The molecule has 0 radical (unpaired) electrons. The summed E-state index contributed by atoms with van der Waals surface area (Å²) in [6.07, 6.45) is 4.79. The van der Waals surface area contributed by atoms with Gasteiger partial charge in [0, 0.05) is 26.2 Å². The van der Waals surface area contributed by atoms with Crippen molar-refractivity contribution < 1.29 is 15.1 Å². The number of aliphatic imine (C=N–C) groups is 2. The van der Waals surface area contributed by atoms with E-state index in [1.54, 1.807) is 0 Å². The van der Waals surface area contributed by atoms with Crippen LogP contribution >= 0.6 is 0 Å². The number of carbonyl (C=O) groups excluding carboxylic acids is 2. The van der Waals surface area contributed by atoms with Gasteiger partial charge in [0.2, 0.25) is 11.8 Å². The first-order valence-corrected chi connectivity index (χ1v) is 12.0. The van der Waals surface area contributed by atoms with Crippen molar-refractivity contribution >= 4 is 23.7 Å². The van der Waals surface area contributed by atoms with Crippen LogP contribution in [0.3, 0.4) is 0 Å². The Hall–Kier alpha value is -2.64. The van der Waals surface area contributed by atoms with E-state index in [0.29, 0.717) is 50.9 Å². The van der Waals surface area contributed by atoms with E-state index in [0.717, 1.165) is 25.7 Å². The molecule has 0 bridgehead atoms. The molecule has 2 amide bonds. The molecule has 0 aliphatic rings. The average molecular weight is 505 g/mol. The molecular formula is C22H52N10O3. The summed E-state index contributed by atoms with van der Waals surface area (Å²) in [6.45, 7) is 10.6. The topological polar surface area (TPSA) is 271 Å². The molecule has 0 aromatic carbocycles. The Kier molecular flexibility index (Phi) is 24.4. The number of hydrogen-bond donors (Lipinski definition) is 8. The van der Waals surface area contributed by atoms with Gasteiger partial charge < -0.3 is 50.5 Å². The number of nitrogens with zero attached hydrogens (tertiary/aromatic N) is 2. The van der Waals surface area contributed by atoms with E-state index in [9.17, 15) is 9.59 Å². The van der Waals surface area contributed by atoms with Crippen LogP contribution in [0.2, 0.25) is 0 Å². The van der Waals surface area contributed by atoms with Gasteiger partial charge in [-0.3, -0.25) is 19.6 Å². The Morgan fingerprint density at radius 2 is 0.971 bits per heavy atom. The normalized spacial score (nSPS) is 11.9. The van der Waals surface area contributed by atoms with Crippen LogP contribution in [-0.2, 0) is 9.59 Å². The molecule has 0 saturated heterocycles. The van der Waals surface area contributed by atoms with Crippen molar-refractivity contribution in [1.82, 2.24) is 10.6 Å². The molecule has 0 aromatic heterocycles. The molecule has 0 rings (SSSR count). The highest BCUT2D eigenvalue weighted by Crippen LogP contribution is 2.03. The Morgan fingerprint density at radius 1 is 0.657 bits per heavy atom. The lowest BCUT2D eigenvalue weighted by atomic mass is 10.0. The molecule has 13 nitrogen and oxygen atoms in total. The second-order valence-corrected chi connectivity index (χ2v) is 9.08. The number of carbonyl (C=O) groups is 2. The summed E-state index contributed by atoms with van der Waals surface area (Å²) in [6, 6.07) is -0.819. The summed E-state index contributed by atoms with van der Waals surface area (Å²) >= 11 is 0. The fourth-order valence-corrected chi connectivity index (χ4v) is 2.81. The highest BCUT2D eigenvalue weighted by atomic mass is 16.2. The second-order valence-electron chi connectivity index (χ2n) is 9.08. The molecule has 208 valence electrons. The van der Waals surface area contributed by atoms with Crippen molar-refractivity contribution in [3.63, 3.8) is 0 Å². The van der Waals surface area contributed by atoms with Gasteiger partial charge in [0.15, 0.2) is 11.9 Å². The predicted molar refractivity (Wildman–Crippen MR) is 144 cm³/mol. The number of nitrogens with one attached hydrogen (secondary N) is 2. The van der Waals surface area contributed by atoms with Gasteiger partial charge in [0.25, 0.3) is 0 Å². The zero-order valence-electron chi connectivity index (χ0n) is 22.1. The largest absolute Gasteiger partial charge is 0.412 e. The van der Waals surface area contributed by atoms with E-state index >= 15 is 0 Å². The van der Waals surface area contributed by atoms with E-state index in [2.05, 4.69) is 20.6 Å². The number of nitrogens with two attached hydrogens (primary N) is 6. The minimum absolute atomic E-state index is 0. The average Bonchev–Trinajstić information content (AvgIpc) is 2.71. The lowest BCUT2D eigenvalue weighted by Crippen LogP contribution is -2.41. The van der Waals surface area contributed by atoms with Crippen LogP contribution < -0.4 is 45.0 Å². The third kappa shape index (κ3) is 27.5. The number of unbranched alkanes of at least 4 members (excludes halogenated alkanes) is 2. The first kappa shape index (κ1) is 36.9. The summed E-state index contributed by atoms with van der Waals surface area (Å²) in [5.74, 6) is 0.900. The van der Waals surface area contributed by atoms with E-state index in [1.165, 1.54) is 0 Å². The molecule has 0 aromatic rings. The molecule has 0 aliphatic heterocycles. The van der Waals surface area contributed by atoms with Gasteiger partial charge in [-0.1, -0.05) is 27.7 Å². The highest BCUT2D eigenvalue weighted by molar-refractivity contribution is 5.81. The third-order valence-corrected chi connectivity index (χ3v) is 4.48. The molecule has 0 aliphatic carbocycles. The van der Waals surface area contributed by atoms with Gasteiger partial charge in [-0.15, -0.1) is 0 Å². The van der Waals surface area contributed by atoms with Crippen LogP contribution in [0.15, 0.2) is 9.98 Å². The molecule has 0 heterocycles. The summed E-state index contributed by atoms with van der Waals surface area (Å²) in [7, 11) is 0. The van der Waals surface area contributed by atoms with Crippen molar-refractivity contribution in [2.75, 3.05) is 26.2 Å². The molecule has 13 heteroatoms. The number of hydrogen-bond acceptors (Lipinski definition) is 6. The van der Waals surface area contributed by atoms with E-state index in [4.69, 9.17) is 34.4 Å². The van der Waals surface area contributed by atoms with Crippen LogP contribution in [0.25, 0.3) is 0 Å². The number of guanidine groups is 2. The SMILES string of the molecule is CC(C)C[C@H](N)C(=O)NCCCCN=C(N)N.CC(C)C[C@H](N)C(=O)NCCCCN=C(N)N.O. The monoisotopic (exact) mass is 504 g/mol. The van der Waals surface area contributed by atoms with Crippen LogP contribution in [0.1, 0.15) is 66.2 Å². The second kappa shape index (κ2) is 23.1. The molecule has 0 saturated carbocycles. The van der Waals surface area contributed by atoms with Gasteiger partial charge in [-0.05, 0) is 50.4 Å². The Labute approximate surface area is 210 Å². The minimum atomic E-state index is -0.410. The van der Waals surface area contributed by atoms with Crippen LogP contribution in [0, 0.1) is 11.8 Å². The lowest BCUT2D eigenvalue weighted by Gasteiger charge is -2.13. The maximum atomic E-state index is 11.5. The Balaban J connectivity index is -0.000000569. The zero-order valence-corrected chi connectivity index (χ0v) is 22.1. The molecule has 35 heavy (non-hydrogen) atoms. The fraction of sp³-hybridized carbons (Fsp3) is 0.818. The zero-order chi connectivity index (χ0) is 26.5. The van der Waals surface area contributed by atoms with Crippen molar-refractivity contribution in [2.24, 2.45) is 56.2 Å². The summed E-state index contributed by atoms with van der Waals surface area (Å²) < 4.78 is 0. The molecule has 0 spiro atoms. The highest BCUT2D eigenvalue weighted by Gasteiger charge is 2.14. The van der Waals surface area contributed by atoms with Gasteiger partial charge >= 0.3 is 0 Å². The van der Waals surface area contributed by atoms with Crippen molar-refractivity contribution in [2.45, 2.75) is 78.3 Å². The van der Waals surface area contributed by atoms with Crippen LogP contribution in [0.4, 0.5) is 0 Å². The standard InChI is InChI=1S/2C11H25N5O.H2O/c2*1-8(2)7-9(12)10(17)15-5-3-4-6-16-11(13)14;/h2*8-9H,3-7,12H2,1-2H3,(H,15,17)(H4,13,14,16);1H2/t2*9-;/m00./s1. The van der Waals surface area contributed by atoms with Crippen LogP contribution in [0.5, 0.6) is 0 Å². The van der Waals surface area contributed by atoms with Crippen molar-refractivity contribution in [3.8, 4) is 0 Å². The maximum absolute atomic E-state index is 11.5. The lowest BCUT2D eigenvalue weighted by molar-refractivity contribution is -0.123. The van der Waals surface area contributed by atoms with Gasteiger partial charge in [-0.2, -0.15) is 0 Å². The molecule has 0 unspecified atom stereocenters. The predicted octanol–water partition coefficient (Wildman–Crippen LogP) is -1.77. The quantitative estimate of drug-likeness (QED) is 0.0675. The Morgan fingerprint density at radius 3 is 1.23 bits per heavy atom. The maximum Gasteiger partial charge on any atom is 0.236 e. The summed E-state index contributed by atoms with van der Waals surface area (Å²) in [5.41, 5.74) is 32.2. The van der Waals surface area contributed by atoms with Gasteiger partial charge in [0.05, 0.1) is 12.1 Å².